The molecule has 0 amide bonds. The van der Waals surface area contributed by atoms with Crippen molar-refractivity contribution in [2.75, 3.05) is 0 Å². The molecule has 0 aliphatic carbocycles. The fraction of sp³-hybridized carbons (Fsp3) is 0. The molecule has 1 aromatic rings. The fourth-order valence-electron chi connectivity index (χ4n) is 0.697. The Morgan fingerprint density at radius 1 is 1.27 bits per heavy atom. The van der Waals surface area contributed by atoms with Gasteiger partial charge in [-0.15, -0.1) is 0 Å². The number of hydrogen-bond acceptors (Lipinski definition) is 0. The van der Waals surface area contributed by atoms with Crippen molar-refractivity contribution in [3.05, 3.63) is 51.9 Å². The van der Waals surface area contributed by atoms with E-state index in [0.717, 1.165) is 10.0 Å². The predicted octanol–water partition coefficient (Wildman–Crippen LogP) is 3.34. The Hall–Kier alpha value is -1.07. The van der Waals surface area contributed by atoms with E-state index in [1.807, 2.05) is 24.3 Å². The molecule has 1 nitrogen and oxygen atoms in total. The maximum atomic E-state index is 6.52. The van der Waals surface area contributed by atoms with E-state index in [-0.39, 0.29) is 0 Å². The van der Waals surface area contributed by atoms with E-state index in [0.29, 0.717) is 0 Å². The summed E-state index contributed by atoms with van der Waals surface area (Å²) in [5.41, 5.74) is 1.05. The second-order valence-corrected chi connectivity index (χ2v) is 2.91. The lowest BCUT2D eigenvalue weighted by Gasteiger charge is -1.91. The number of nitrogens with zero attached hydrogens (tertiary/aromatic N) is 1. The fourth-order valence-corrected chi connectivity index (χ4v) is 0.962. The van der Waals surface area contributed by atoms with E-state index in [2.05, 4.69) is 20.8 Å². The lowest BCUT2D eigenvalue weighted by atomic mass is 10.2. The molecule has 0 bridgehead atoms. The van der Waals surface area contributed by atoms with E-state index in [1.54, 1.807) is 6.08 Å². The average Bonchev–Trinajstić information content (AvgIpc) is 2.04. The van der Waals surface area contributed by atoms with Gasteiger partial charge in [0.15, 0.2) is 6.20 Å². The van der Waals surface area contributed by atoms with Crippen LogP contribution in [0.4, 0.5) is 0 Å². The first-order valence-electron chi connectivity index (χ1n) is 3.11. The molecular formula is C9H6BrN. The quantitative estimate of drug-likeness (QED) is 0.623. The van der Waals surface area contributed by atoms with Gasteiger partial charge in [0.05, 0.1) is 6.57 Å². The second-order valence-electron chi connectivity index (χ2n) is 2.00. The van der Waals surface area contributed by atoms with Crippen LogP contribution >= 0.6 is 15.9 Å². The van der Waals surface area contributed by atoms with Crippen LogP contribution in [0.3, 0.4) is 0 Å². The highest BCUT2D eigenvalue weighted by molar-refractivity contribution is 9.10. The van der Waals surface area contributed by atoms with Crippen LogP contribution in [0.5, 0.6) is 0 Å². The smallest absolute Gasteiger partial charge is 0.154 e. The van der Waals surface area contributed by atoms with Gasteiger partial charge in [0.1, 0.15) is 0 Å². The highest BCUT2D eigenvalue weighted by atomic mass is 79.9. The molecule has 0 unspecified atom stereocenters. The van der Waals surface area contributed by atoms with Crippen LogP contribution in [0.2, 0.25) is 0 Å². The summed E-state index contributed by atoms with van der Waals surface area (Å²) in [6.45, 7) is 6.52. The summed E-state index contributed by atoms with van der Waals surface area (Å²) in [5, 5.41) is 0. The molecule has 2 heteroatoms. The Kier molecular flexibility index (Phi) is 2.88. The highest BCUT2D eigenvalue weighted by Crippen LogP contribution is 2.11. The van der Waals surface area contributed by atoms with E-state index in [9.17, 15) is 0 Å². The summed E-state index contributed by atoms with van der Waals surface area (Å²) < 4.78 is 1.05. The molecule has 0 saturated heterocycles. The zero-order valence-corrected chi connectivity index (χ0v) is 7.38. The molecule has 11 heavy (non-hydrogen) atoms. The lowest BCUT2D eigenvalue weighted by Crippen LogP contribution is -1.68. The molecule has 0 aromatic heterocycles. The van der Waals surface area contributed by atoms with Crippen LogP contribution in [0, 0.1) is 6.57 Å². The molecule has 0 atom stereocenters. The number of benzene rings is 1. The van der Waals surface area contributed by atoms with Gasteiger partial charge in [0.2, 0.25) is 0 Å². The van der Waals surface area contributed by atoms with Crippen molar-refractivity contribution in [3.8, 4) is 0 Å². The Morgan fingerprint density at radius 3 is 2.45 bits per heavy atom. The largest absolute Gasteiger partial charge is 0.246 e. The Balaban J connectivity index is 2.84. The normalized spacial score (nSPS) is 9.82. The molecule has 0 radical (unpaired) electrons. The van der Waals surface area contributed by atoms with Gasteiger partial charge in [-0.05, 0) is 17.7 Å². The van der Waals surface area contributed by atoms with E-state index in [1.165, 1.54) is 6.20 Å². The van der Waals surface area contributed by atoms with Crippen LogP contribution in [-0.2, 0) is 0 Å². The van der Waals surface area contributed by atoms with Gasteiger partial charge in [0.25, 0.3) is 0 Å². The standard InChI is InChI=1S/C9H6BrN/c1-11-7-6-8-2-4-9(10)5-3-8/h2-7H/b7-6+. The van der Waals surface area contributed by atoms with Gasteiger partial charge >= 0.3 is 0 Å². The summed E-state index contributed by atoms with van der Waals surface area (Å²) in [5.74, 6) is 0. The van der Waals surface area contributed by atoms with Crippen LogP contribution in [0.1, 0.15) is 5.56 Å². The molecule has 0 N–H and O–H groups in total. The first-order valence-corrected chi connectivity index (χ1v) is 3.91. The van der Waals surface area contributed by atoms with E-state index in [4.69, 9.17) is 6.57 Å². The molecule has 0 spiro atoms. The summed E-state index contributed by atoms with van der Waals surface area (Å²) >= 11 is 3.33. The molecule has 0 aliphatic heterocycles. The number of rotatable bonds is 1. The molecule has 0 fully saturated rings. The number of hydrogen-bond donors (Lipinski definition) is 0. The minimum Gasteiger partial charge on any atom is -0.246 e. The summed E-state index contributed by atoms with van der Waals surface area (Å²) in [6.07, 6.45) is 3.22. The zero-order valence-electron chi connectivity index (χ0n) is 5.79. The van der Waals surface area contributed by atoms with Crippen LogP contribution in [0.25, 0.3) is 10.9 Å². The SMILES string of the molecule is [C-]#[N+]/C=C/c1ccc(Br)cc1. The predicted molar refractivity (Wildman–Crippen MR) is 49.8 cm³/mol. The molecule has 1 rings (SSSR count). The third-order valence-corrected chi connectivity index (χ3v) is 1.74. The average molecular weight is 208 g/mol. The highest BCUT2D eigenvalue weighted by Gasteiger charge is 1.85. The maximum absolute atomic E-state index is 6.52. The Morgan fingerprint density at radius 2 is 1.91 bits per heavy atom. The molecule has 54 valence electrons. The van der Waals surface area contributed by atoms with Gasteiger partial charge in [-0.1, -0.05) is 34.1 Å². The van der Waals surface area contributed by atoms with Crippen molar-refractivity contribution in [1.29, 1.82) is 0 Å². The van der Waals surface area contributed by atoms with E-state index >= 15 is 0 Å². The Labute approximate surface area is 74.3 Å². The van der Waals surface area contributed by atoms with Crippen molar-refractivity contribution < 1.29 is 0 Å². The zero-order chi connectivity index (χ0) is 8.10. The molecule has 0 heterocycles. The molecular weight excluding hydrogens is 202 g/mol. The third-order valence-electron chi connectivity index (χ3n) is 1.21. The van der Waals surface area contributed by atoms with Gasteiger partial charge in [0, 0.05) is 4.47 Å². The third kappa shape index (κ3) is 2.57. The summed E-state index contributed by atoms with van der Waals surface area (Å²) in [4.78, 5) is 3.11. The Bertz CT molecular complexity index is 292. The summed E-state index contributed by atoms with van der Waals surface area (Å²) in [6, 6.07) is 7.80. The molecule has 1 aromatic carbocycles. The monoisotopic (exact) mass is 207 g/mol. The summed E-state index contributed by atoms with van der Waals surface area (Å²) in [7, 11) is 0. The van der Waals surface area contributed by atoms with Crippen LogP contribution in [0.15, 0.2) is 34.9 Å². The van der Waals surface area contributed by atoms with Crippen molar-refractivity contribution >= 4 is 22.0 Å². The van der Waals surface area contributed by atoms with Crippen molar-refractivity contribution in [3.63, 3.8) is 0 Å². The van der Waals surface area contributed by atoms with E-state index < -0.39 is 0 Å². The van der Waals surface area contributed by atoms with Gasteiger partial charge in [-0.3, -0.25) is 0 Å². The van der Waals surface area contributed by atoms with Crippen molar-refractivity contribution in [1.82, 2.24) is 0 Å². The minimum atomic E-state index is 1.05. The van der Waals surface area contributed by atoms with Crippen LogP contribution < -0.4 is 0 Å². The maximum Gasteiger partial charge on any atom is 0.154 e. The molecule has 0 saturated carbocycles. The first-order chi connectivity index (χ1) is 5.33. The van der Waals surface area contributed by atoms with Gasteiger partial charge in [-0.2, -0.15) is 0 Å². The second kappa shape index (κ2) is 3.95. The van der Waals surface area contributed by atoms with Crippen molar-refractivity contribution in [2.45, 2.75) is 0 Å². The van der Waals surface area contributed by atoms with Gasteiger partial charge < -0.3 is 0 Å². The molecule has 0 aliphatic rings. The van der Waals surface area contributed by atoms with Crippen molar-refractivity contribution in [2.24, 2.45) is 0 Å². The lowest BCUT2D eigenvalue weighted by molar-refractivity contribution is 1.61. The van der Waals surface area contributed by atoms with Crippen LogP contribution in [-0.4, -0.2) is 0 Å². The minimum absolute atomic E-state index is 1.05. The number of halogens is 1. The van der Waals surface area contributed by atoms with Gasteiger partial charge in [-0.25, -0.2) is 4.85 Å². The first kappa shape index (κ1) is 8.03. The topological polar surface area (TPSA) is 4.36 Å².